The van der Waals surface area contributed by atoms with E-state index < -0.39 is 30.7 Å². The fourth-order valence-electron chi connectivity index (χ4n) is 4.14. The molecule has 0 saturated carbocycles. The van der Waals surface area contributed by atoms with Crippen LogP contribution in [0.2, 0.25) is 0 Å². The Morgan fingerprint density at radius 1 is 0.971 bits per heavy atom. The van der Waals surface area contributed by atoms with Gasteiger partial charge < -0.3 is 43.7 Å². The van der Waals surface area contributed by atoms with Crippen molar-refractivity contribution in [2.75, 3.05) is 48.3 Å². The number of hydrogen-bond acceptors (Lipinski definition) is 10. The highest BCUT2D eigenvalue weighted by Crippen LogP contribution is 2.52. The fourth-order valence-corrected chi connectivity index (χ4v) is 4.14. The summed E-state index contributed by atoms with van der Waals surface area (Å²) in [5.41, 5.74) is 2.40. The number of esters is 1. The molecule has 0 bridgehead atoms. The molecular weight excluding hydrogens is 460 g/mol. The van der Waals surface area contributed by atoms with E-state index in [1.807, 2.05) is 12.1 Å². The van der Waals surface area contributed by atoms with Gasteiger partial charge in [-0.1, -0.05) is 6.07 Å². The number of carbonyl (C=O) groups excluding carboxylic acids is 1. The van der Waals surface area contributed by atoms with Crippen molar-refractivity contribution in [3.8, 4) is 28.7 Å². The third-order valence-electron chi connectivity index (χ3n) is 5.89. The van der Waals surface area contributed by atoms with Crippen LogP contribution >= 0.6 is 0 Å². The van der Waals surface area contributed by atoms with E-state index in [0.29, 0.717) is 29.9 Å². The van der Waals surface area contributed by atoms with Crippen molar-refractivity contribution in [3.05, 3.63) is 41.0 Å². The second-order valence-corrected chi connectivity index (χ2v) is 7.94. The van der Waals surface area contributed by atoms with Gasteiger partial charge >= 0.3 is 5.97 Å². The second-order valence-electron chi connectivity index (χ2n) is 7.94. The molecule has 10 heteroatoms. The van der Waals surface area contributed by atoms with E-state index in [0.717, 1.165) is 11.1 Å². The minimum absolute atomic E-state index is 0.0725. The van der Waals surface area contributed by atoms with Gasteiger partial charge in [0.25, 0.3) is 0 Å². The number of aliphatic hydroxyl groups is 3. The van der Waals surface area contributed by atoms with Crippen LogP contribution in [0.15, 0.2) is 24.3 Å². The van der Waals surface area contributed by atoms with Crippen LogP contribution in [-0.2, 0) is 16.0 Å². The lowest BCUT2D eigenvalue weighted by Gasteiger charge is -2.23. The van der Waals surface area contributed by atoms with Crippen LogP contribution in [0, 0.1) is 0 Å². The molecule has 3 rings (SSSR count). The van der Waals surface area contributed by atoms with E-state index in [2.05, 4.69) is 4.74 Å². The highest BCUT2D eigenvalue weighted by atomic mass is 16.6. The lowest BCUT2D eigenvalue weighted by molar-refractivity contribution is -0.150. The summed E-state index contributed by atoms with van der Waals surface area (Å²) >= 11 is 0. The first-order valence-corrected chi connectivity index (χ1v) is 11.2. The lowest BCUT2D eigenvalue weighted by atomic mass is 9.90. The van der Waals surface area contributed by atoms with Crippen molar-refractivity contribution in [2.24, 2.45) is 0 Å². The van der Waals surface area contributed by atoms with Crippen molar-refractivity contribution in [3.63, 3.8) is 0 Å². The van der Waals surface area contributed by atoms with Gasteiger partial charge in [0.2, 0.25) is 11.9 Å². The Bertz CT molecular complexity index is 997. The molecule has 3 atom stereocenters. The van der Waals surface area contributed by atoms with Crippen LogP contribution < -0.4 is 23.7 Å². The maximum absolute atomic E-state index is 11.9. The average Bonchev–Trinajstić information content (AvgIpc) is 3.27. The largest absolute Gasteiger partial charge is 0.493 e. The van der Waals surface area contributed by atoms with Gasteiger partial charge in [-0.05, 0) is 36.6 Å². The van der Waals surface area contributed by atoms with Gasteiger partial charge in [0.1, 0.15) is 6.10 Å². The van der Waals surface area contributed by atoms with E-state index in [-0.39, 0.29) is 30.5 Å². The zero-order chi connectivity index (χ0) is 25.5. The molecule has 0 saturated heterocycles. The van der Waals surface area contributed by atoms with Crippen LogP contribution in [0.5, 0.6) is 28.7 Å². The fraction of sp³-hybridized carbons (Fsp3) is 0.480. The van der Waals surface area contributed by atoms with Gasteiger partial charge in [0, 0.05) is 17.7 Å². The number of methoxy groups -OCH3 is 4. The number of aliphatic hydroxyl groups excluding tert-OH is 3. The SMILES string of the molecule is COC(=O)C(CO)Oc1c(OC)cc(C2Oc3c(OC)cc(CCCO)cc3C2CO)cc1OC. The number of carbonyl (C=O) groups is 1. The molecule has 0 fully saturated rings. The highest BCUT2D eigenvalue weighted by Gasteiger charge is 2.39. The molecule has 0 radical (unpaired) electrons. The summed E-state index contributed by atoms with van der Waals surface area (Å²) < 4.78 is 33.2. The van der Waals surface area contributed by atoms with Crippen LogP contribution in [0.4, 0.5) is 0 Å². The predicted molar refractivity (Wildman–Crippen MR) is 125 cm³/mol. The van der Waals surface area contributed by atoms with E-state index >= 15 is 0 Å². The van der Waals surface area contributed by atoms with Crippen molar-refractivity contribution in [1.29, 1.82) is 0 Å². The molecule has 2 aromatic rings. The minimum Gasteiger partial charge on any atom is -0.493 e. The van der Waals surface area contributed by atoms with E-state index in [1.54, 1.807) is 19.2 Å². The van der Waals surface area contributed by atoms with Crippen molar-refractivity contribution in [2.45, 2.75) is 31.0 Å². The van der Waals surface area contributed by atoms with E-state index in [1.165, 1.54) is 21.3 Å². The van der Waals surface area contributed by atoms with Crippen molar-refractivity contribution in [1.82, 2.24) is 0 Å². The molecule has 0 aromatic heterocycles. The van der Waals surface area contributed by atoms with Gasteiger partial charge in [-0.3, -0.25) is 0 Å². The molecule has 0 aliphatic carbocycles. The Hall–Kier alpha value is -3.21. The topological polar surface area (TPSA) is 133 Å². The zero-order valence-electron chi connectivity index (χ0n) is 20.3. The van der Waals surface area contributed by atoms with Crippen LogP contribution in [-0.4, -0.2) is 75.7 Å². The molecule has 192 valence electrons. The quantitative estimate of drug-likeness (QED) is 0.376. The average molecular weight is 493 g/mol. The highest BCUT2D eigenvalue weighted by molar-refractivity contribution is 5.75. The van der Waals surface area contributed by atoms with Crippen LogP contribution in [0.3, 0.4) is 0 Å². The zero-order valence-corrected chi connectivity index (χ0v) is 20.3. The first kappa shape index (κ1) is 26.4. The Balaban J connectivity index is 2.02. The number of rotatable bonds is 12. The van der Waals surface area contributed by atoms with Crippen molar-refractivity contribution < 1.29 is 48.5 Å². The van der Waals surface area contributed by atoms with Crippen LogP contribution in [0.25, 0.3) is 0 Å². The molecule has 3 unspecified atom stereocenters. The summed E-state index contributed by atoms with van der Waals surface area (Å²) in [5, 5.41) is 29.1. The molecular formula is C25H32O10. The second kappa shape index (κ2) is 12.0. The molecule has 2 aromatic carbocycles. The summed E-state index contributed by atoms with van der Waals surface area (Å²) in [7, 11) is 5.61. The standard InChI is InChI=1S/C25H32O10/c1-30-18-9-14(6-5-7-26)8-16-17(12-27)22(35-23(16)18)15-10-19(31-2)24(20(11-15)32-3)34-21(13-28)25(29)33-4/h8-11,17,21-22,26-28H,5-7,12-13H2,1-4H3. The molecule has 10 nitrogen and oxygen atoms in total. The van der Waals surface area contributed by atoms with Crippen molar-refractivity contribution >= 4 is 5.97 Å². The first-order valence-electron chi connectivity index (χ1n) is 11.2. The summed E-state index contributed by atoms with van der Waals surface area (Å²) in [6.07, 6.45) is -0.606. The normalized spacial score (nSPS) is 17.2. The molecule has 35 heavy (non-hydrogen) atoms. The summed E-state index contributed by atoms with van der Waals surface area (Å²) in [6, 6.07) is 7.16. The maximum Gasteiger partial charge on any atom is 0.349 e. The number of fused-ring (bicyclic) bond motifs is 1. The van der Waals surface area contributed by atoms with Crippen LogP contribution in [0.1, 0.15) is 35.1 Å². The Morgan fingerprint density at radius 3 is 2.14 bits per heavy atom. The summed E-state index contributed by atoms with van der Waals surface area (Å²) in [6.45, 7) is -0.724. The number of aryl methyl sites for hydroxylation is 1. The maximum atomic E-state index is 11.9. The van der Waals surface area contributed by atoms with E-state index in [4.69, 9.17) is 23.7 Å². The van der Waals surface area contributed by atoms with Gasteiger partial charge in [-0.2, -0.15) is 0 Å². The van der Waals surface area contributed by atoms with Gasteiger partial charge in [-0.25, -0.2) is 4.79 Å². The Kier molecular flexibility index (Phi) is 9.02. The molecule has 0 amide bonds. The summed E-state index contributed by atoms with van der Waals surface area (Å²) in [5.74, 6) is 0.520. The van der Waals surface area contributed by atoms with Gasteiger partial charge in [0.05, 0.1) is 47.6 Å². The molecule has 0 spiro atoms. The Morgan fingerprint density at radius 2 is 1.63 bits per heavy atom. The number of ether oxygens (including phenoxy) is 6. The van der Waals surface area contributed by atoms with Gasteiger partial charge in [-0.15, -0.1) is 0 Å². The van der Waals surface area contributed by atoms with E-state index in [9.17, 15) is 20.1 Å². The Labute approximate surface area is 203 Å². The van der Waals surface area contributed by atoms with Gasteiger partial charge in [0.15, 0.2) is 23.0 Å². The lowest BCUT2D eigenvalue weighted by Crippen LogP contribution is -2.32. The monoisotopic (exact) mass is 492 g/mol. The summed E-state index contributed by atoms with van der Waals surface area (Å²) in [4.78, 5) is 11.9. The number of hydrogen-bond donors (Lipinski definition) is 3. The number of benzene rings is 2. The molecule has 1 aliphatic rings. The molecule has 1 heterocycles. The minimum atomic E-state index is -1.27. The smallest absolute Gasteiger partial charge is 0.349 e. The first-order chi connectivity index (χ1) is 17.0. The third kappa shape index (κ3) is 5.39. The third-order valence-corrected chi connectivity index (χ3v) is 5.89. The predicted octanol–water partition coefficient (Wildman–Crippen LogP) is 1.76. The molecule has 1 aliphatic heterocycles. The molecule has 3 N–H and O–H groups in total.